The molecule has 1 unspecified atom stereocenters. The maximum Gasteiger partial charge on any atom is 0.277 e. The van der Waals surface area contributed by atoms with E-state index >= 15 is 0 Å². The van der Waals surface area contributed by atoms with E-state index in [0.717, 1.165) is 5.56 Å². The summed E-state index contributed by atoms with van der Waals surface area (Å²) in [5.74, 6) is -0.0598. The van der Waals surface area contributed by atoms with Gasteiger partial charge >= 0.3 is 0 Å². The van der Waals surface area contributed by atoms with Crippen LogP contribution in [-0.2, 0) is 21.2 Å². The first-order valence-electron chi connectivity index (χ1n) is 7.22. The number of hydrogen-bond acceptors (Lipinski definition) is 4. The lowest BCUT2D eigenvalue weighted by Gasteiger charge is -2.22. The minimum Gasteiger partial charge on any atom is -0.477 e. The van der Waals surface area contributed by atoms with Crippen molar-refractivity contribution < 1.29 is 17.9 Å². The van der Waals surface area contributed by atoms with E-state index in [0.29, 0.717) is 17.7 Å². The molecule has 0 saturated heterocycles. The van der Waals surface area contributed by atoms with E-state index in [9.17, 15) is 13.2 Å². The Morgan fingerprint density at radius 1 is 1.13 bits per heavy atom. The van der Waals surface area contributed by atoms with Gasteiger partial charge in [-0.25, -0.2) is 13.1 Å². The highest BCUT2D eigenvalue weighted by Gasteiger charge is 2.43. The summed E-state index contributed by atoms with van der Waals surface area (Å²) in [6, 6.07) is 13.8. The van der Waals surface area contributed by atoms with Gasteiger partial charge in [0.25, 0.3) is 15.9 Å². The number of rotatable bonds is 3. The Labute approximate surface area is 135 Å². The van der Waals surface area contributed by atoms with Crippen molar-refractivity contribution in [3.63, 3.8) is 0 Å². The smallest absolute Gasteiger partial charge is 0.277 e. The van der Waals surface area contributed by atoms with Crippen LogP contribution in [0.4, 0.5) is 0 Å². The number of para-hydroxylation sites is 1. The van der Waals surface area contributed by atoms with Crippen molar-refractivity contribution in [2.24, 2.45) is 0 Å². The second-order valence-electron chi connectivity index (χ2n) is 5.82. The molecule has 0 radical (unpaired) electrons. The molecular formula is C17H17NO4S. The lowest BCUT2D eigenvalue weighted by Crippen LogP contribution is -2.50. The van der Waals surface area contributed by atoms with Crippen LogP contribution in [0.25, 0.3) is 0 Å². The van der Waals surface area contributed by atoms with Crippen molar-refractivity contribution in [2.75, 3.05) is 0 Å². The molecular weight excluding hydrogens is 314 g/mol. The lowest BCUT2D eigenvalue weighted by atomic mass is 9.99. The van der Waals surface area contributed by atoms with Crippen LogP contribution < -0.4 is 9.46 Å². The Morgan fingerprint density at radius 3 is 2.48 bits per heavy atom. The first-order valence-corrected chi connectivity index (χ1v) is 8.70. The van der Waals surface area contributed by atoms with E-state index in [1.807, 2.05) is 18.2 Å². The number of sulfonamides is 1. The molecule has 0 bridgehead atoms. The zero-order valence-electron chi connectivity index (χ0n) is 12.9. The summed E-state index contributed by atoms with van der Waals surface area (Å²) in [6.45, 7) is 3.28. The van der Waals surface area contributed by atoms with Crippen molar-refractivity contribution >= 4 is 15.9 Å². The Hall–Kier alpha value is -2.34. The Bertz CT molecular complexity index is 849. The van der Waals surface area contributed by atoms with Gasteiger partial charge in [0.05, 0.1) is 4.90 Å². The molecule has 0 saturated carbocycles. The van der Waals surface area contributed by atoms with Crippen LogP contribution in [0.3, 0.4) is 0 Å². The molecule has 5 nitrogen and oxygen atoms in total. The molecule has 0 spiro atoms. The van der Waals surface area contributed by atoms with Crippen LogP contribution in [-0.4, -0.2) is 19.9 Å². The molecule has 1 amide bonds. The average Bonchev–Trinajstić information content (AvgIpc) is 2.84. The normalized spacial score (nSPS) is 19.7. The van der Waals surface area contributed by atoms with E-state index in [1.165, 1.54) is 6.07 Å². The third-order valence-electron chi connectivity index (χ3n) is 3.93. The molecule has 2 aromatic carbocycles. The van der Waals surface area contributed by atoms with Crippen LogP contribution in [0.1, 0.15) is 18.1 Å². The van der Waals surface area contributed by atoms with Gasteiger partial charge in [-0.15, -0.1) is 0 Å². The first-order chi connectivity index (χ1) is 10.8. The summed E-state index contributed by atoms with van der Waals surface area (Å²) in [5, 5.41) is 0. The third-order valence-corrected chi connectivity index (χ3v) is 5.42. The predicted molar refractivity (Wildman–Crippen MR) is 85.7 cm³/mol. The number of carbonyl (C=O) groups excluding carboxylic acids is 1. The van der Waals surface area contributed by atoms with Gasteiger partial charge in [-0.2, -0.15) is 0 Å². The van der Waals surface area contributed by atoms with Crippen LogP contribution in [0.2, 0.25) is 0 Å². The Morgan fingerprint density at radius 2 is 1.78 bits per heavy atom. The molecule has 120 valence electrons. The average molecular weight is 331 g/mol. The summed E-state index contributed by atoms with van der Waals surface area (Å²) in [4.78, 5) is 12.6. The maximum atomic E-state index is 12.5. The highest BCUT2D eigenvalue weighted by Crippen LogP contribution is 2.35. The fourth-order valence-corrected chi connectivity index (χ4v) is 3.98. The van der Waals surface area contributed by atoms with Gasteiger partial charge < -0.3 is 4.74 Å². The monoisotopic (exact) mass is 331 g/mol. The molecule has 0 aliphatic carbocycles. The molecule has 6 heteroatoms. The number of amides is 1. The van der Waals surface area contributed by atoms with Gasteiger partial charge in [0.15, 0.2) is 5.60 Å². The minimum absolute atomic E-state index is 0.0902. The van der Waals surface area contributed by atoms with Gasteiger partial charge in [-0.3, -0.25) is 4.79 Å². The van der Waals surface area contributed by atoms with Crippen molar-refractivity contribution in [3.05, 3.63) is 59.7 Å². The number of nitrogens with one attached hydrogen (secondary N) is 1. The van der Waals surface area contributed by atoms with Crippen LogP contribution in [0.15, 0.2) is 53.4 Å². The van der Waals surface area contributed by atoms with Crippen molar-refractivity contribution in [2.45, 2.75) is 30.8 Å². The molecule has 1 atom stereocenters. The van der Waals surface area contributed by atoms with Crippen molar-refractivity contribution in [1.82, 2.24) is 4.72 Å². The highest BCUT2D eigenvalue weighted by molar-refractivity contribution is 7.90. The Balaban J connectivity index is 1.84. The fraction of sp³-hybridized carbons (Fsp3) is 0.235. The largest absolute Gasteiger partial charge is 0.477 e. The molecule has 2 aromatic rings. The summed E-state index contributed by atoms with van der Waals surface area (Å²) in [5.41, 5.74) is 0.228. The summed E-state index contributed by atoms with van der Waals surface area (Å²) in [7, 11) is -3.93. The summed E-state index contributed by atoms with van der Waals surface area (Å²) >= 11 is 0. The molecule has 1 aliphatic rings. The van der Waals surface area contributed by atoms with E-state index < -0.39 is 21.5 Å². The standard InChI is InChI=1S/C17H17NO4S/c1-12-7-3-6-10-15(12)23(20,21)18-16(19)17(2)11-13-8-4-5-9-14(13)22-17/h3-10H,11H2,1-2H3,(H,18,19). The number of aryl methyl sites for hydroxylation is 1. The van der Waals surface area contributed by atoms with E-state index in [-0.39, 0.29) is 4.90 Å². The lowest BCUT2D eigenvalue weighted by molar-refractivity contribution is -0.132. The minimum atomic E-state index is -3.93. The van der Waals surface area contributed by atoms with E-state index in [4.69, 9.17) is 4.74 Å². The second kappa shape index (κ2) is 5.38. The topological polar surface area (TPSA) is 72.5 Å². The Kier molecular flexibility index (Phi) is 3.64. The van der Waals surface area contributed by atoms with Crippen molar-refractivity contribution in [1.29, 1.82) is 0 Å². The van der Waals surface area contributed by atoms with Crippen molar-refractivity contribution in [3.8, 4) is 5.75 Å². The molecule has 0 fully saturated rings. The zero-order chi connectivity index (χ0) is 16.7. The molecule has 3 rings (SSSR count). The van der Waals surface area contributed by atoms with E-state index in [2.05, 4.69) is 4.72 Å². The third kappa shape index (κ3) is 2.82. The molecule has 1 N–H and O–H groups in total. The molecule has 1 heterocycles. The van der Waals surface area contributed by atoms with Gasteiger partial charge in [0, 0.05) is 6.42 Å². The molecule has 0 aromatic heterocycles. The van der Waals surface area contributed by atoms with Crippen LogP contribution in [0, 0.1) is 6.92 Å². The fourth-order valence-electron chi connectivity index (χ4n) is 2.66. The number of ether oxygens (including phenoxy) is 1. The van der Waals surface area contributed by atoms with Gasteiger partial charge in [0.1, 0.15) is 5.75 Å². The molecule has 1 aliphatic heterocycles. The second-order valence-corrected chi connectivity index (χ2v) is 7.47. The van der Waals surface area contributed by atoms with Gasteiger partial charge in [-0.05, 0) is 37.1 Å². The van der Waals surface area contributed by atoms with Crippen LogP contribution >= 0.6 is 0 Å². The van der Waals surface area contributed by atoms with Crippen LogP contribution in [0.5, 0.6) is 5.75 Å². The van der Waals surface area contributed by atoms with E-state index in [1.54, 1.807) is 38.1 Å². The maximum absolute atomic E-state index is 12.5. The summed E-state index contributed by atoms with van der Waals surface area (Å²) < 4.78 is 32.7. The number of carbonyl (C=O) groups is 1. The predicted octanol–water partition coefficient (Wildman–Crippen LogP) is 2.19. The zero-order valence-corrected chi connectivity index (χ0v) is 13.7. The summed E-state index contributed by atoms with van der Waals surface area (Å²) in [6.07, 6.45) is 0.332. The number of benzene rings is 2. The SMILES string of the molecule is Cc1ccccc1S(=O)(=O)NC(=O)C1(C)Cc2ccccc2O1. The first kappa shape index (κ1) is 15.6. The number of fused-ring (bicyclic) bond motifs is 1. The molecule has 23 heavy (non-hydrogen) atoms. The van der Waals surface area contributed by atoms with Gasteiger partial charge in [-0.1, -0.05) is 36.4 Å². The number of hydrogen-bond donors (Lipinski definition) is 1. The quantitative estimate of drug-likeness (QED) is 0.936. The van der Waals surface area contributed by atoms with Gasteiger partial charge in [0.2, 0.25) is 0 Å². The highest BCUT2D eigenvalue weighted by atomic mass is 32.2.